The number of hydrogen-bond donors (Lipinski definition) is 3. The van der Waals surface area contributed by atoms with Crippen LogP contribution in [0.5, 0.6) is 5.88 Å². The van der Waals surface area contributed by atoms with Crippen molar-refractivity contribution in [3.05, 3.63) is 63.1 Å². The molecule has 3 N–H and O–H groups in total. The Balaban J connectivity index is 1.83. The van der Waals surface area contributed by atoms with Gasteiger partial charge in [-0.2, -0.15) is 5.26 Å². The standard InChI is InChI=1S/C18H10BrN7O2/c19-10-3-4-13-11(6-10)15(17(28)22-13)25-26-18-23-14(9-2-1-5-21-8-9)12(7-20)16(27)24-18/h1-6,8,22,28H,(H,23,24,27). The average Bonchev–Trinajstić information content (AvgIpc) is 3.01. The van der Waals surface area contributed by atoms with Crippen molar-refractivity contribution in [3.8, 4) is 23.2 Å². The summed E-state index contributed by atoms with van der Waals surface area (Å²) in [5, 5.41) is 28.0. The van der Waals surface area contributed by atoms with Crippen molar-refractivity contribution in [1.82, 2.24) is 19.9 Å². The Bertz CT molecular complexity index is 1320. The second kappa shape index (κ2) is 7.05. The molecular formula is C18H10BrN7O2. The van der Waals surface area contributed by atoms with Gasteiger partial charge in [-0.25, -0.2) is 4.98 Å². The van der Waals surface area contributed by atoms with Crippen molar-refractivity contribution in [3.63, 3.8) is 0 Å². The Morgan fingerprint density at radius 1 is 1.21 bits per heavy atom. The van der Waals surface area contributed by atoms with Crippen LogP contribution in [0.3, 0.4) is 0 Å². The molecule has 28 heavy (non-hydrogen) atoms. The molecule has 136 valence electrons. The van der Waals surface area contributed by atoms with Crippen LogP contribution in [0.1, 0.15) is 5.56 Å². The van der Waals surface area contributed by atoms with E-state index in [1.807, 2.05) is 12.1 Å². The first-order valence-corrected chi connectivity index (χ1v) is 8.73. The number of fused-ring (bicyclic) bond motifs is 1. The number of aromatic nitrogens is 4. The van der Waals surface area contributed by atoms with Crippen molar-refractivity contribution in [1.29, 1.82) is 5.26 Å². The first-order chi connectivity index (χ1) is 13.6. The SMILES string of the molecule is N#Cc1c(-c2cccnc2)nc(N=Nc2c(O)[nH]c3ccc(Br)cc23)[nH]c1=O. The summed E-state index contributed by atoms with van der Waals surface area (Å²) < 4.78 is 0.805. The van der Waals surface area contributed by atoms with Crippen LogP contribution in [0.25, 0.3) is 22.2 Å². The number of nitrogens with one attached hydrogen (secondary N) is 2. The number of nitrogens with zero attached hydrogens (tertiary/aromatic N) is 5. The summed E-state index contributed by atoms with van der Waals surface area (Å²) >= 11 is 3.37. The Kier molecular flexibility index (Phi) is 4.42. The lowest BCUT2D eigenvalue weighted by Crippen LogP contribution is -2.13. The summed E-state index contributed by atoms with van der Waals surface area (Å²) in [7, 11) is 0. The van der Waals surface area contributed by atoms with Crippen LogP contribution in [0.15, 0.2) is 62.2 Å². The lowest BCUT2D eigenvalue weighted by Gasteiger charge is -2.02. The topological polar surface area (TPSA) is 143 Å². The highest BCUT2D eigenvalue weighted by Crippen LogP contribution is 2.37. The van der Waals surface area contributed by atoms with E-state index in [1.54, 1.807) is 30.5 Å². The van der Waals surface area contributed by atoms with E-state index in [-0.39, 0.29) is 28.8 Å². The molecule has 3 aromatic heterocycles. The van der Waals surface area contributed by atoms with E-state index < -0.39 is 5.56 Å². The van der Waals surface area contributed by atoms with Gasteiger partial charge in [0.25, 0.3) is 5.56 Å². The van der Waals surface area contributed by atoms with Crippen LogP contribution in [0, 0.1) is 11.3 Å². The van der Waals surface area contributed by atoms with E-state index in [0.29, 0.717) is 16.5 Å². The quantitative estimate of drug-likeness (QED) is 0.415. The zero-order valence-corrected chi connectivity index (χ0v) is 15.6. The van der Waals surface area contributed by atoms with Crippen LogP contribution >= 0.6 is 15.9 Å². The Hall–Kier alpha value is -3.84. The van der Waals surface area contributed by atoms with Gasteiger partial charge in [-0.3, -0.25) is 14.8 Å². The molecule has 0 atom stereocenters. The summed E-state index contributed by atoms with van der Waals surface area (Å²) in [5.74, 6) is -0.271. The molecule has 0 unspecified atom stereocenters. The largest absolute Gasteiger partial charge is 0.493 e. The van der Waals surface area contributed by atoms with Gasteiger partial charge >= 0.3 is 0 Å². The Labute approximate surface area is 165 Å². The lowest BCUT2D eigenvalue weighted by atomic mass is 10.1. The molecule has 4 aromatic rings. The molecule has 0 aliphatic carbocycles. The predicted octanol–water partition coefficient (Wildman–Crippen LogP) is 4.07. The van der Waals surface area contributed by atoms with Crippen LogP contribution in [-0.4, -0.2) is 25.0 Å². The normalized spacial score (nSPS) is 11.1. The van der Waals surface area contributed by atoms with Crippen LogP contribution < -0.4 is 5.56 Å². The second-order valence-electron chi connectivity index (χ2n) is 5.68. The molecule has 1 aromatic carbocycles. The highest BCUT2D eigenvalue weighted by Gasteiger charge is 2.14. The molecule has 10 heteroatoms. The van der Waals surface area contributed by atoms with Gasteiger partial charge in [0, 0.05) is 27.8 Å². The van der Waals surface area contributed by atoms with E-state index in [0.717, 1.165) is 4.47 Å². The van der Waals surface area contributed by atoms with Gasteiger partial charge in [0.15, 0.2) is 5.69 Å². The van der Waals surface area contributed by atoms with Crippen molar-refractivity contribution < 1.29 is 5.11 Å². The van der Waals surface area contributed by atoms with E-state index in [2.05, 4.69) is 46.1 Å². The predicted molar refractivity (Wildman–Crippen MR) is 105 cm³/mol. The molecule has 0 radical (unpaired) electrons. The fourth-order valence-corrected chi connectivity index (χ4v) is 3.02. The molecule has 9 nitrogen and oxygen atoms in total. The van der Waals surface area contributed by atoms with Gasteiger partial charge in [0.05, 0.1) is 11.2 Å². The third kappa shape index (κ3) is 3.15. The van der Waals surface area contributed by atoms with Crippen molar-refractivity contribution in [2.75, 3.05) is 0 Å². The molecule has 0 fully saturated rings. The second-order valence-corrected chi connectivity index (χ2v) is 6.59. The minimum absolute atomic E-state index is 0.105. The number of pyridine rings is 1. The molecule has 0 aliphatic heterocycles. The maximum atomic E-state index is 12.2. The molecular weight excluding hydrogens is 426 g/mol. The molecule has 0 aliphatic rings. The highest BCUT2D eigenvalue weighted by atomic mass is 79.9. The molecule has 0 saturated heterocycles. The number of aromatic hydroxyl groups is 1. The van der Waals surface area contributed by atoms with Gasteiger partial charge in [-0.15, -0.1) is 10.2 Å². The first kappa shape index (κ1) is 17.6. The molecule has 0 saturated carbocycles. The van der Waals surface area contributed by atoms with Crippen molar-refractivity contribution in [2.24, 2.45) is 10.2 Å². The number of H-pyrrole nitrogens is 2. The molecule has 0 spiro atoms. The summed E-state index contributed by atoms with van der Waals surface area (Å²) in [6.45, 7) is 0. The summed E-state index contributed by atoms with van der Waals surface area (Å²) in [6.07, 6.45) is 3.06. The van der Waals surface area contributed by atoms with E-state index in [1.165, 1.54) is 6.20 Å². The van der Waals surface area contributed by atoms with Gasteiger partial charge < -0.3 is 10.1 Å². The van der Waals surface area contributed by atoms with Crippen molar-refractivity contribution in [2.45, 2.75) is 0 Å². The van der Waals surface area contributed by atoms with E-state index in [4.69, 9.17) is 0 Å². The zero-order chi connectivity index (χ0) is 19.7. The fraction of sp³-hybridized carbons (Fsp3) is 0. The number of halogens is 1. The fourth-order valence-electron chi connectivity index (χ4n) is 2.66. The zero-order valence-electron chi connectivity index (χ0n) is 14.0. The number of hydrogen-bond acceptors (Lipinski definition) is 7. The number of azo groups is 1. The number of aromatic amines is 2. The first-order valence-electron chi connectivity index (χ1n) is 7.93. The third-order valence-corrected chi connectivity index (χ3v) is 4.41. The van der Waals surface area contributed by atoms with Gasteiger partial charge in [0.2, 0.25) is 11.8 Å². The van der Waals surface area contributed by atoms with Gasteiger partial charge in [0.1, 0.15) is 11.6 Å². The smallest absolute Gasteiger partial charge is 0.270 e. The van der Waals surface area contributed by atoms with Gasteiger partial charge in [-0.05, 0) is 30.3 Å². The lowest BCUT2D eigenvalue weighted by molar-refractivity contribution is 0.459. The van der Waals surface area contributed by atoms with E-state index in [9.17, 15) is 15.2 Å². The Morgan fingerprint density at radius 2 is 2.07 bits per heavy atom. The van der Waals surface area contributed by atoms with Crippen molar-refractivity contribution >= 4 is 38.5 Å². The summed E-state index contributed by atoms with van der Waals surface area (Å²) in [6, 6.07) is 10.6. The summed E-state index contributed by atoms with van der Waals surface area (Å²) in [5.41, 5.74) is 0.736. The maximum absolute atomic E-state index is 12.2. The summed E-state index contributed by atoms with van der Waals surface area (Å²) in [4.78, 5) is 25.7. The molecule has 0 amide bonds. The van der Waals surface area contributed by atoms with Gasteiger partial charge in [-0.1, -0.05) is 15.9 Å². The van der Waals surface area contributed by atoms with Crippen LogP contribution in [0.4, 0.5) is 11.6 Å². The van der Waals surface area contributed by atoms with Crippen LogP contribution in [-0.2, 0) is 0 Å². The Morgan fingerprint density at radius 3 is 2.82 bits per heavy atom. The monoisotopic (exact) mass is 435 g/mol. The van der Waals surface area contributed by atoms with Crippen LogP contribution in [0.2, 0.25) is 0 Å². The minimum atomic E-state index is -0.642. The number of rotatable bonds is 3. The van der Waals surface area contributed by atoms with E-state index >= 15 is 0 Å². The average molecular weight is 436 g/mol. The molecule has 3 heterocycles. The number of benzene rings is 1. The minimum Gasteiger partial charge on any atom is -0.493 e. The third-order valence-electron chi connectivity index (χ3n) is 3.91. The highest BCUT2D eigenvalue weighted by molar-refractivity contribution is 9.10. The maximum Gasteiger partial charge on any atom is 0.270 e. The number of nitriles is 1. The molecule has 4 rings (SSSR count). The molecule has 0 bridgehead atoms.